The van der Waals surface area contributed by atoms with Crippen molar-refractivity contribution >= 4 is 27.8 Å². The Morgan fingerprint density at radius 1 is 1.09 bits per heavy atom. The van der Waals surface area contributed by atoms with Crippen LogP contribution in [0.15, 0.2) is 77.8 Å². The molecule has 0 fully saturated rings. The Morgan fingerprint density at radius 2 is 1.83 bits per heavy atom. The van der Waals surface area contributed by atoms with Crippen molar-refractivity contribution in [2.24, 2.45) is 0 Å². The highest BCUT2D eigenvalue weighted by Crippen LogP contribution is 2.12. The number of hydrogen-bond acceptors (Lipinski definition) is 2. The summed E-state index contributed by atoms with van der Waals surface area (Å²) in [6.45, 7) is 0.793. The largest absolute Gasteiger partial charge is 0.333 e. The van der Waals surface area contributed by atoms with E-state index < -0.39 is 0 Å². The van der Waals surface area contributed by atoms with Gasteiger partial charge < -0.3 is 4.57 Å². The van der Waals surface area contributed by atoms with Gasteiger partial charge in [0, 0.05) is 29.0 Å². The van der Waals surface area contributed by atoms with Gasteiger partial charge in [-0.1, -0.05) is 46.3 Å². The van der Waals surface area contributed by atoms with Gasteiger partial charge in [0.2, 0.25) is 0 Å². The molecule has 0 unspecified atom stereocenters. The van der Waals surface area contributed by atoms with Crippen LogP contribution in [0.25, 0.3) is 6.08 Å². The molecule has 0 atom stereocenters. The van der Waals surface area contributed by atoms with Crippen molar-refractivity contribution in [3.8, 4) is 0 Å². The molecule has 0 aliphatic carbocycles. The quantitative estimate of drug-likeness (QED) is 0.488. The van der Waals surface area contributed by atoms with Crippen LogP contribution in [0.1, 0.15) is 21.5 Å². The first-order valence-corrected chi connectivity index (χ1v) is 8.03. The molecule has 0 saturated carbocycles. The van der Waals surface area contributed by atoms with Gasteiger partial charge in [-0.2, -0.15) is 0 Å². The zero-order valence-corrected chi connectivity index (χ0v) is 14.0. The highest BCUT2D eigenvalue weighted by atomic mass is 79.9. The zero-order chi connectivity index (χ0) is 16.1. The smallest absolute Gasteiger partial charge is 0.185 e. The first-order chi connectivity index (χ1) is 11.2. The van der Waals surface area contributed by atoms with E-state index >= 15 is 0 Å². The number of rotatable bonds is 5. The Kier molecular flexibility index (Phi) is 4.83. The molecule has 0 N–H and O–H groups in total. The van der Waals surface area contributed by atoms with Gasteiger partial charge in [0.05, 0.1) is 6.33 Å². The molecule has 0 saturated heterocycles. The zero-order valence-electron chi connectivity index (χ0n) is 12.4. The van der Waals surface area contributed by atoms with E-state index in [0.717, 1.165) is 16.6 Å². The molecule has 4 heteroatoms. The minimum atomic E-state index is -0.00000739. The summed E-state index contributed by atoms with van der Waals surface area (Å²) >= 11 is 3.36. The molecule has 3 nitrogen and oxygen atoms in total. The van der Waals surface area contributed by atoms with Crippen LogP contribution in [-0.4, -0.2) is 15.3 Å². The summed E-state index contributed by atoms with van der Waals surface area (Å²) in [4.78, 5) is 16.1. The molecule has 0 amide bonds. The second-order valence-corrected chi connectivity index (χ2v) is 6.10. The van der Waals surface area contributed by atoms with E-state index in [2.05, 4.69) is 33.0 Å². The number of allylic oxidation sites excluding steroid dienone is 1. The van der Waals surface area contributed by atoms with Gasteiger partial charge in [0.25, 0.3) is 0 Å². The predicted molar refractivity (Wildman–Crippen MR) is 95.3 cm³/mol. The fraction of sp³-hybridized carbons (Fsp3) is 0.0526. The lowest BCUT2D eigenvalue weighted by Crippen LogP contribution is -1.96. The van der Waals surface area contributed by atoms with Gasteiger partial charge in [-0.25, -0.2) is 4.98 Å². The summed E-state index contributed by atoms with van der Waals surface area (Å²) in [7, 11) is 0. The van der Waals surface area contributed by atoms with Crippen LogP contribution < -0.4 is 0 Å². The lowest BCUT2D eigenvalue weighted by molar-refractivity contribution is 0.104. The van der Waals surface area contributed by atoms with Crippen LogP contribution in [0.4, 0.5) is 0 Å². The summed E-state index contributed by atoms with van der Waals surface area (Å²) in [5.41, 5.74) is 2.88. The molecular formula is C19H15BrN2O. The number of halogens is 1. The molecule has 3 rings (SSSR count). The Hall–Kier alpha value is -2.46. The van der Waals surface area contributed by atoms with Gasteiger partial charge >= 0.3 is 0 Å². The molecule has 0 aliphatic rings. The summed E-state index contributed by atoms with van der Waals surface area (Å²) < 4.78 is 2.98. The maximum absolute atomic E-state index is 12.1. The standard InChI is InChI=1S/C19H15BrN2O/c20-18-8-6-17(7-9-18)19(23)10-5-15-1-3-16(4-2-15)13-22-12-11-21-14-22/h1-12,14H,13H2/b10-5+. The number of hydrogen-bond donors (Lipinski definition) is 0. The first-order valence-electron chi connectivity index (χ1n) is 7.23. The van der Waals surface area contributed by atoms with Crippen molar-refractivity contribution < 1.29 is 4.79 Å². The normalized spacial score (nSPS) is 11.0. The van der Waals surface area contributed by atoms with Crippen molar-refractivity contribution in [2.45, 2.75) is 6.54 Å². The monoisotopic (exact) mass is 366 g/mol. The SMILES string of the molecule is O=C(/C=C/c1ccc(Cn2ccnc2)cc1)c1ccc(Br)cc1. The molecule has 2 aromatic carbocycles. The molecular weight excluding hydrogens is 352 g/mol. The number of benzene rings is 2. The van der Waals surface area contributed by atoms with E-state index in [4.69, 9.17) is 0 Å². The van der Waals surface area contributed by atoms with Gasteiger partial charge in [0.15, 0.2) is 5.78 Å². The lowest BCUT2D eigenvalue weighted by atomic mass is 10.1. The highest BCUT2D eigenvalue weighted by molar-refractivity contribution is 9.10. The number of ketones is 1. The third-order valence-electron chi connectivity index (χ3n) is 3.46. The fourth-order valence-electron chi connectivity index (χ4n) is 2.21. The molecule has 0 spiro atoms. The first kappa shape index (κ1) is 15.4. The number of carbonyl (C=O) groups excluding carboxylic acids is 1. The van der Waals surface area contributed by atoms with Crippen molar-refractivity contribution in [2.75, 3.05) is 0 Å². The summed E-state index contributed by atoms with van der Waals surface area (Å²) in [5, 5.41) is 0. The Balaban J connectivity index is 1.65. The van der Waals surface area contributed by atoms with Gasteiger partial charge in [-0.05, 0) is 41.5 Å². The maximum Gasteiger partial charge on any atom is 0.185 e. The molecule has 3 aromatic rings. The Labute approximate surface area is 143 Å². The van der Waals surface area contributed by atoms with Crippen LogP contribution in [0.5, 0.6) is 0 Å². The van der Waals surface area contributed by atoms with Crippen molar-refractivity contribution in [3.05, 3.63) is 94.5 Å². The van der Waals surface area contributed by atoms with Gasteiger partial charge in [-0.3, -0.25) is 4.79 Å². The molecule has 1 heterocycles. The highest BCUT2D eigenvalue weighted by Gasteiger charge is 2.01. The summed E-state index contributed by atoms with van der Waals surface area (Å²) in [6.07, 6.45) is 8.94. The second kappa shape index (κ2) is 7.20. The van der Waals surface area contributed by atoms with E-state index in [-0.39, 0.29) is 5.78 Å². The molecule has 114 valence electrons. The average molecular weight is 367 g/mol. The third-order valence-corrected chi connectivity index (χ3v) is 3.99. The van der Waals surface area contributed by atoms with E-state index in [1.54, 1.807) is 18.6 Å². The van der Waals surface area contributed by atoms with Crippen molar-refractivity contribution in [1.29, 1.82) is 0 Å². The number of aromatic nitrogens is 2. The van der Waals surface area contributed by atoms with Crippen LogP contribution >= 0.6 is 15.9 Å². The van der Waals surface area contributed by atoms with Gasteiger partial charge in [0.1, 0.15) is 0 Å². The van der Waals surface area contributed by atoms with E-state index in [9.17, 15) is 4.79 Å². The van der Waals surface area contributed by atoms with Gasteiger partial charge in [-0.15, -0.1) is 0 Å². The topological polar surface area (TPSA) is 34.9 Å². The van der Waals surface area contributed by atoms with Crippen LogP contribution in [0.2, 0.25) is 0 Å². The third kappa shape index (κ3) is 4.27. The molecule has 23 heavy (non-hydrogen) atoms. The van der Waals surface area contributed by atoms with Crippen LogP contribution in [0.3, 0.4) is 0 Å². The van der Waals surface area contributed by atoms with E-state index in [0.29, 0.717) is 5.56 Å². The minimum Gasteiger partial charge on any atom is -0.333 e. The van der Waals surface area contributed by atoms with E-state index in [1.807, 2.05) is 53.2 Å². The fourth-order valence-corrected chi connectivity index (χ4v) is 2.47. The van der Waals surface area contributed by atoms with Crippen LogP contribution in [0, 0.1) is 0 Å². The summed E-state index contributed by atoms with van der Waals surface area (Å²) in [5.74, 6) is -0.00000739. The van der Waals surface area contributed by atoms with E-state index in [1.165, 1.54) is 5.56 Å². The molecule has 0 radical (unpaired) electrons. The number of nitrogens with zero attached hydrogens (tertiary/aromatic N) is 2. The molecule has 1 aromatic heterocycles. The number of imidazole rings is 1. The average Bonchev–Trinajstić information content (AvgIpc) is 3.07. The maximum atomic E-state index is 12.1. The number of carbonyl (C=O) groups is 1. The van der Waals surface area contributed by atoms with Crippen molar-refractivity contribution in [3.63, 3.8) is 0 Å². The second-order valence-electron chi connectivity index (χ2n) is 5.18. The predicted octanol–water partition coefficient (Wildman–Crippen LogP) is 4.59. The Bertz CT molecular complexity index is 804. The van der Waals surface area contributed by atoms with Crippen molar-refractivity contribution in [1.82, 2.24) is 9.55 Å². The molecule has 0 bridgehead atoms. The molecule has 0 aliphatic heterocycles. The minimum absolute atomic E-state index is 0.00000739. The van der Waals surface area contributed by atoms with Crippen LogP contribution in [-0.2, 0) is 6.54 Å². The lowest BCUT2D eigenvalue weighted by Gasteiger charge is -2.03. The Morgan fingerprint density at radius 3 is 2.48 bits per heavy atom. The summed E-state index contributed by atoms with van der Waals surface area (Å²) in [6, 6.07) is 15.5.